The van der Waals surface area contributed by atoms with Crippen molar-refractivity contribution in [2.75, 3.05) is 45.9 Å². The van der Waals surface area contributed by atoms with Crippen LogP contribution in [0.3, 0.4) is 0 Å². The highest BCUT2D eigenvalue weighted by atomic mass is 16.5. The molecule has 7 heteroatoms. The normalized spacial score (nSPS) is 27.1. The standard InChI is InChI=1S/C13H24N4O3/c14-12(18)9-16-3-4-17(8-10(7-16)13(15)19)11-1-5-20-6-2-11/h10-11H,1-9H2,(H2,14,18)(H2,15,19)/t10-/m1/s1. The van der Waals surface area contributed by atoms with Crippen LogP contribution in [0.15, 0.2) is 0 Å². The number of hydrogen-bond donors (Lipinski definition) is 2. The van der Waals surface area contributed by atoms with Crippen molar-refractivity contribution in [1.82, 2.24) is 9.80 Å². The minimum Gasteiger partial charge on any atom is -0.381 e. The van der Waals surface area contributed by atoms with Crippen LogP contribution in [0, 0.1) is 5.92 Å². The average Bonchev–Trinajstić information content (AvgIpc) is 2.62. The molecule has 0 saturated carbocycles. The van der Waals surface area contributed by atoms with Crippen molar-refractivity contribution in [3.63, 3.8) is 0 Å². The lowest BCUT2D eigenvalue weighted by molar-refractivity contribution is -0.124. The second-order valence-corrected chi connectivity index (χ2v) is 5.64. The number of nitrogens with zero attached hydrogens (tertiary/aromatic N) is 2. The molecular weight excluding hydrogens is 260 g/mol. The maximum atomic E-state index is 11.6. The molecule has 0 aromatic heterocycles. The zero-order valence-electron chi connectivity index (χ0n) is 11.8. The number of carbonyl (C=O) groups is 2. The van der Waals surface area contributed by atoms with Gasteiger partial charge in [-0.3, -0.25) is 19.4 Å². The van der Waals surface area contributed by atoms with Gasteiger partial charge in [0.2, 0.25) is 11.8 Å². The molecule has 0 radical (unpaired) electrons. The van der Waals surface area contributed by atoms with Crippen molar-refractivity contribution in [2.24, 2.45) is 17.4 Å². The van der Waals surface area contributed by atoms with Gasteiger partial charge in [0, 0.05) is 45.4 Å². The van der Waals surface area contributed by atoms with Gasteiger partial charge < -0.3 is 16.2 Å². The first-order chi connectivity index (χ1) is 9.56. The van der Waals surface area contributed by atoms with Gasteiger partial charge in [0.15, 0.2) is 0 Å². The molecule has 2 saturated heterocycles. The molecule has 2 amide bonds. The zero-order chi connectivity index (χ0) is 14.5. The Hall–Kier alpha value is -1.18. The van der Waals surface area contributed by atoms with Gasteiger partial charge in [0.25, 0.3) is 0 Å². The van der Waals surface area contributed by atoms with E-state index in [1.807, 2.05) is 4.90 Å². The smallest absolute Gasteiger partial charge is 0.231 e. The molecular formula is C13H24N4O3. The Balaban J connectivity index is 2.00. The predicted molar refractivity (Wildman–Crippen MR) is 73.7 cm³/mol. The second kappa shape index (κ2) is 7.01. The van der Waals surface area contributed by atoms with Gasteiger partial charge in [-0.25, -0.2) is 0 Å². The fourth-order valence-corrected chi connectivity index (χ4v) is 3.03. The number of nitrogens with two attached hydrogens (primary N) is 2. The van der Waals surface area contributed by atoms with Crippen LogP contribution in [0.5, 0.6) is 0 Å². The summed E-state index contributed by atoms with van der Waals surface area (Å²) in [6.07, 6.45) is 1.97. The summed E-state index contributed by atoms with van der Waals surface area (Å²) in [6, 6.07) is 0.444. The first-order valence-corrected chi connectivity index (χ1v) is 7.18. The zero-order valence-corrected chi connectivity index (χ0v) is 11.8. The van der Waals surface area contributed by atoms with E-state index in [-0.39, 0.29) is 24.3 Å². The van der Waals surface area contributed by atoms with Crippen molar-refractivity contribution >= 4 is 11.8 Å². The molecule has 20 heavy (non-hydrogen) atoms. The first-order valence-electron chi connectivity index (χ1n) is 7.18. The Labute approximate surface area is 119 Å². The molecule has 7 nitrogen and oxygen atoms in total. The summed E-state index contributed by atoms with van der Waals surface area (Å²) in [5, 5.41) is 0. The molecule has 0 aliphatic carbocycles. The minimum absolute atomic E-state index is 0.186. The summed E-state index contributed by atoms with van der Waals surface area (Å²) in [4.78, 5) is 26.9. The van der Waals surface area contributed by atoms with Crippen LogP contribution in [-0.4, -0.2) is 73.6 Å². The fraction of sp³-hybridized carbons (Fsp3) is 0.846. The molecule has 2 heterocycles. The van der Waals surface area contributed by atoms with Gasteiger partial charge in [-0.1, -0.05) is 0 Å². The number of carbonyl (C=O) groups excluding carboxylic acids is 2. The number of amides is 2. The third-order valence-corrected chi connectivity index (χ3v) is 4.13. The summed E-state index contributed by atoms with van der Waals surface area (Å²) in [6.45, 7) is 4.48. The fourth-order valence-electron chi connectivity index (χ4n) is 3.03. The van der Waals surface area contributed by atoms with Gasteiger partial charge in [0.1, 0.15) is 0 Å². The van der Waals surface area contributed by atoms with E-state index in [0.717, 1.165) is 39.1 Å². The highest BCUT2D eigenvalue weighted by molar-refractivity contribution is 5.78. The van der Waals surface area contributed by atoms with Gasteiger partial charge in [-0.05, 0) is 12.8 Å². The quantitative estimate of drug-likeness (QED) is 0.645. The summed E-state index contributed by atoms with van der Waals surface area (Å²) in [7, 11) is 0. The van der Waals surface area contributed by atoms with E-state index in [0.29, 0.717) is 19.1 Å². The molecule has 1 atom stereocenters. The van der Waals surface area contributed by atoms with Crippen LogP contribution >= 0.6 is 0 Å². The summed E-state index contributed by atoms with van der Waals surface area (Å²) >= 11 is 0. The Bertz CT molecular complexity index is 358. The molecule has 2 aliphatic rings. The molecule has 0 unspecified atom stereocenters. The number of rotatable bonds is 4. The Morgan fingerprint density at radius 2 is 1.80 bits per heavy atom. The Morgan fingerprint density at radius 3 is 2.40 bits per heavy atom. The molecule has 114 valence electrons. The molecule has 4 N–H and O–H groups in total. The first kappa shape index (κ1) is 15.2. The van der Waals surface area contributed by atoms with Crippen LogP contribution in [0.4, 0.5) is 0 Å². The minimum atomic E-state index is -0.368. The Morgan fingerprint density at radius 1 is 1.10 bits per heavy atom. The number of hydrogen-bond acceptors (Lipinski definition) is 5. The highest BCUT2D eigenvalue weighted by Crippen LogP contribution is 2.18. The maximum absolute atomic E-state index is 11.6. The van der Waals surface area contributed by atoms with E-state index in [9.17, 15) is 9.59 Å². The van der Waals surface area contributed by atoms with Crippen molar-refractivity contribution in [3.8, 4) is 0 Å². The van der Waals surface area contributed by atoms with Crippen LogP contribution in [0.25, 0.3) is 0 Å². The van der Waals surface area contributed by atoms with E-state index >= 15 is 0 Å². The predicted octanol–water partition coefficient (Wildman–Crippen LogP) is -1.63. The molecule has 2 rings (SSSR count). The largest absolute Gasteiger partial charge is 0.381 e. The molecule has 2 aliphatic heterocycles. The maximum Gasteiger partial charge on any atom is 0.231 e. The van der Waals surface area contributed by atoms with Gasteiger partial charge >= 0.3 is 0 Å². The topological polar surface area (TPSA) is 102 Å². The highest BCUT2D eigenvalue weighted by Gasteiger charge is 2.31. The SMILES string of the molecule is NC(=O)CN1CCN(C2CCOCC2)C[C@H](C(N)=O)C1. The van der Waals surface area contributed by atoms with E-state index < -0.39 is 0 Å². The van der Waals surface area contributed by atoms with E-state index in [1.165, 1.54) is 0 Å². The van der Waals surface area contributed by atoms with Crippen molar-refractivity contribution in [2.45, 2.75) is 18.9 Å². The lowest BCUT2D eigenvalue weighted by Gasteiger charge is -2.34. The molecule has 0 bridgehead atoms. The van der Waals surface area contributed by atoms with Crippen molar-refractivity contribution < 1.29 is 14.3 Å². The monoisotopic (exact) mass is 284 g/mol. The lowest BCUT2D eigenvalue weighted by Crippen LogP contribution is -2.44. The molecule has 0 spiro atoms. The van der Waals surface area contributed by atoms with Crippen LogP contribution < -0.4 is 11.5 Å². The average molecular weight is 284 g/mol. The lowest BCUT2D eigenvalue weighted by atomic mass is 10.0. The summed E-state index contributed by atoms with van der Waals surface area (Å²) in [5.74, 6) is -0.925. The summed E-state index contributed by atoms with van der Waals surface area (Å²) < 4.78 is 5.38. The van der Waals surface area contributed by atoms with Crippen LogP contribution in [0.1, 0.15) is 12.8 Å². The van der Waals surface area contributed by atoms with Gasteiger partial charge in [0.05, 0.1) is 12.5 Å². The number of ether oxygens (including phenoxy) is 1. The third kappa shape index (κ3) is 4.16. The van der Waals surface area contributed by atoms with Crippen LogP contribution in [0.2, 0.25) is 0 Å². The second-order valence-electron chi connectivity index (χ2n) is 5.64. The van der Waals surface area contributed by atoms with E-state index in [1.54, 1.807) is 0 Å². The Kier molecular flexibility index (Phi) is 5.33. The molecule has 2 fully saturated rings. The molecule has 0 aromatic rings. The van der Waals surface area contributed by atoms with Gasteiger partial charge in [-0.2, -0.15) is 0 Å². The molecule has 0 aromatic carbocycles. The van der Waals surface area contributed by atoms with Crippen molar-refractivity contribution in [1.29, 1.82) is 0 Å². The van der Waals surface area contributed by atoms with Crippen molar-refractivity contribution in [3.05, 3.63) is 0 Å². The van der Waals surface area contributed by atoms with E-state index in [2.05, 4.69) is 4.90 Å². The van der Waals surface area contributed by atoms with E-state index in [4.69, 9.17) is 16.2 Å². The third-order valence-electron chi connectivity index (χ3n) is 4.13. The summed E-state index contributed by atoms with van der Waals surface area (Å²) in [5.41, 5.74) is 10.7. The number of primary amides is 2. The van der Waals surface area contributed by atoms with Gasteiger partial charge in [-0.15, -0.1) is 0 Å². The van der Waals surface area contributed by atoms with Crippen LogP contribution in [-0.2, 0) is 14.3 Å².